The van der Waals surface area contributed by atoms with E-state index in [1.54, 1.807) is 14.2 Å². The molecule has 0 spiro atoms. The number of methoxy groups -OCH3 is 2. The molecule has 1 amide bonds. The molecule has 4 nitrogen and oxygen atoms in total. The summed E-state index contributed by atoms with van der Waals surface area (Å²) in [5.41, 5.74) is 0. The van der Waals surface area contributed by atoms with Crippen molar-refractivity contribution >= 4 is 5.91 Å². The molecule has 0 aromatic rings. The fourth-order valence-corrected chi connectivity index (χ4v) is 1.14. The first kappa shape index (κ1) is 13.4. The Balaban J connectivity index is 3.37. The van der Waals surface area contributed by atoms with Gasteiger partial charge in [-0.25, -0.2) is 0 Å². The van der Waals surface area contributed by atoms with E-state index in [0.717, 1.165) is 19.4 Å². The Morgan fingerprint density at radius 3 is 2.64 bits per heavy atom. The van der Waals surface area contributed by atoms with Crippen LogP contribution in [0.3, 0.4) is 0 Å². The number of ether oxygens (including phenoxy) is 2. The van der Waals surface area contributed by atoms with Crippen molar-refractivity contribution in [3.8, 4) is 0 Å². The predicted molar refractivity (Wildman–Crippen MR) is 55.2 cm³/mol. The van der Waals surface area contributed by atoms with Crippen molar-refractivity contribution in [2.75, 3.05) is 27.4 Å². The number of hydrogen-bond acceptors (Lipinski definition) is 3. The summed E-state index contributed by atoms with van der Waals surface area (Å²) in [7, 11) is 3.33. The lowest BCUT2D eigenvalue weighted by molar-refractivity contribution is -0.120. The molecule has 0 bridgehead atoms. The van der Waals surface area contributed by atoms with E-state index in [1.165, 1.54) is 0 Å². The van der Waals surface area contributed by atoms with Crippen LogP contribution in [0.25, 0.3) is 0 Å². The molecule has 14 heavy (non-hydrogen) atoms. The van der Waals surface area contributed by atoms with Gasteiger partial charge in [-0.15, -0.1) is 0 Å². The first-order valence-electron chi connectivity index (χ1n) is 5.03. The molecule has 4 heteroatoms. The van der Waals surface area contributed by atoms with E-state index in [1.807, 2.05) is 6.92 Å². The maximum absolute atomic E-state index is 10.9. The predicted octanol–water partition coefficient (Wildman–Crippen LogP) is 0.954. The summed E-state index contributed by atoms with van der Waals surface area (Å²) in [6.45, 7) is 3.17. The molecule has 0 radical (unpaired) electrons. The van der Waals surface area contributed by atoms with Crippen molar-refractivity contribution < 1.29 is 14.3 Å². The van der Waals surface area contributed by atoms with Gasteiger partial charge in [0.05, 0.1) is 12.7 Å². The van der Waals surface area contributed by atoms with Gasteiger partial charge in [-0.2, -0.15) is 0 Å². The fraction of sp³-hybridized carbons (Fsp3) is 0.900. The summed E-state index contributed by atoms with van der Waals surface area (Å²) in [5, 5.41) is 2.82. The molecular formula is C10H21NO3. The minimum absolute atomic E-state index is 0.103. The molecule has 84 valence electrons. The van der Waals surface area contributed by atoms with Crippen molar-refractivity contribution in [1.82, 2.24) is 5.32 Å². The van der Waals surface area contributed by atoms with E-state index in [0.29, 0.717) is 13.0 Å². The molecule has 0 heterocycles. The van der Waals surface area contributed by atoms with Crippen molar-refractivity contribution in [2.24, 2.45) is 0 Å². The number of hydrogen-bond donors (Lipinski definition) is 1. The Bertz CT molecular complexity index is 150. The van der Waals surface area contributed by atoms with Crippen LogP contribution in [0.5, 0.6) is 0 Å². The zero-order valence-corrected chi connectivity index (χ0v) is 9.34. The van der Waals surface area contributed by atoms with Gasteiger partial charge in [0.1, 0.15) is 0 Å². The Hall–Kier alpha value is -0.610. The molecule has 0 saturated heterocycles. The summed E-state index contributed by atoms with van der Waals surface area (Å²) in [6, 6.07) is 0. The van der Waals surface area contributed by atoms with Crippen molar-refractivity contribution in [1.29, 1.82) is 0 Å². The van der Waals surface area contributed by atoms with Crippen LogP contribution < -0.4 is 5.32 Å². The van der Waals surface area contributed by atoms with Gasteiger partial charge in [-0.05, 0) is 12.8 Å². The third kappa shape index (κ3) is 6.86. The average Bonchev–Trinajstić information content (AvgIpc) is 2.22. The Kier molecular flexibility index (Phi) is 8.57. The fourth-order valence-electron chi connectivity index (χ4n) is 1.14. The molecule has 0 aromatic heterocycles. The monoisotopic (exact) mass is 203 g/mol. The standard InChI is InChI=1S/C10H21NO3/c1-4-10(12)11-7-5-6-9(14-3)8-13-2/h9H,4-8H2,1-3H3,(H,11,12). The molecule has 0 aliphatic carbocycles. The SMILES string of the molecule is CCC(=O)NCCCC(COC)OC. The zero-order chi connectivity index (χ0) is 10.8. The highest BCUT2D eigenvalue weighted by Crippen LogP contribution is 2.00. The minimum Gasteiger partial charge on any atom is -0.382 e. The van der Waals surface area contributed by atoms with Gasteiger partial charge >= 0.3 is 0 Å². The van der Waals surface area contributed by atoms with Crippen LogP contribution in [0.4, 0.5) is 0 Å². The number of carbonyl (C=O) groups is 1. The number of nitrogens with one attached hydrogen (secondary N) is 1. The zero-order valence-electron chi connectivity index (χ0n) is 9.34. The second-order valence-corrected chi connectivity index (χ2v) is 3.16. The lowest BCUT2D eigenvalue weighted by atomic mass is 10.2. The van der Waals surface area contributed by atoms with Crippen molar-refractivity contribution in [3.63, 3.8) is 0 Å². The number of rotatable bonds is 8. The van der Waals surface area contributed by atoms with Gasteiger partial charge < -0.3 is 14.8 Å². The van der Waals surface area contributed by atoms with E-state index < -0.39 is 0 Å². The lowest BCUT2D eigenvalue weighted by Crippen LogP contribution is -2.25. The average molecular weight is 203 g/mol. The minimum atomic E-state index is 0.103. The summed E-state index contributed by atoms with van der Waals surface area (Å²) < 4.78 is 10.2. The topological polar surface area (TPSA) is 47.6 Å². The van der Waals surface area contributed by atoms with Crippen LogP contribution in [-0.2, 0) is 14.3 Å². The van der Waals surface area contributed by atoms with Gasteiger partial charge in [0.15, 0.2) is 0 Å². The van der Waals surface area contributed by atoms with Gasteiger partial charge in [-0.3, -0.25) is 4.79 Å². The van der Waals surface area contributed by atoms with E-state index in [9.17, 15) is 4.79 Å². The van der Waals surface area contributed by atoms with E-state index in [2.05, 4.69) is 5.32 Å². The first-order chi connectivity index (χ1) is 6.74. The molecular weight excluding hydrogens is 182 g/mol. The molecule has 0 fully saturated rings. The summed E-state index contributed by atoms with van der Waals surface area (Å²) in [4.78, 5) is 10.9. The smallest absolute Gasteiger partial charge is 0.219 e. The Morgan fingerprint density at radius 2 is 2.14 bits per heavy atom. The van der Waals surface area contributed by atoms with E-state index >= 15 is 0 Å². The number of carbonyl (C=O) groups excluding carboxylic acids is 1. The Morgan fingerprint density at radius 1 is 1.43 bits per heavy atom. The second-order valence-electron chi connectivity index (χ2n) is 3.16. The lowest BCUT2D eigenvalue weighted by Gasteiger charge is -2.13. The van der Waals surface area contributed by atoms with Gasteiger partial charge in [-0.1, -0.05) is 6.92 Å². The van der Waals surface area contributed by atoms with Gasteiger partial charge in [0.25, 0.3) is 0 Å². The molecule has 1 N–H and O–H groups in total. The van der Waals surface area contributed by atoms with Gasteiger partial charge in [0.2, 0.25) is 5.91 Å². The number of amides is 1. The van der Waals surface area contributed by atoms with Crippen LogP contribution in [0, 0.1) is 0 Å². The van der Waals surface area contributed by atoms with Gasteiger partial charge in [0, 0.05) is 27.2 Å². The maximum atomic E-state index is 10.9. The highest BCUT2D eigenvalue weighted by Gasteiger charge is 2.06. The van der Waals surface area contributed by atoms with Crippen molar-refractivity contribution in [2.45, 2.75) is 32.3 Å². The molecule has 0 aliphatic heterocycles. The largest absolute Gasteiger partial charge is 0.382 e. The van der Waals surface area contributed by atoms with E-state index in [-0.39, 0.29) is 12.0 Å². The second kappa shape index (κ2) is 8.97. The molecule has 0 aliphatic rings. The summed E-state index contributed by atoms with van der Waals surface area (Å²) in [5.74, 6) is 0.103. The quantitative estimate of drug-likeness (QED) is 0.598. The molecule has 0 saturated carbocycles. The summed E-state index contributed by atoms with van der Waals surface area (Å²) >= 11 is 0. The normalized spacial score (nSPS) is 12.5. The molecule has 1 unspecified atom stereocenters. The van der Waals surface area contributed by atoms with Crippen LogP contribution in [0.1, 0.15) is 26.2 Å². The highest BCUT2D eigenvalue weighted by molar-refractivity contribution is 5.75. The van der Waals surface area contributed by atoms with Crippen LogP contribution in [0.2, 0.25) is 0 Å². The Labute approximate surface area is 86.0 Å². The van der Waals surface area contributed by atoms with Crippen LogP contribution in [0.15, 0.2) is 0 Å². The van der Waals surface area contributed by atoms with Crippen molar-refractivity contribution in [3.05, 3.63) is 0 Å². The third-order valence-electron chi connectivity index (χ3n) is 2.03. The van der Waals surface area contributed by atoms with Crippen LogP contribution >= 0.6 is 0 Å². The highest BCUT2D eigenvalue weighted by atomic mass is 16.5. The molecule has 0 aromatic carbocycles. The molecule has 0 rings (SSSR count). The first-order valence-corrected chi connectivity index (χ1v) is 5.03. The van der Waals surface area contributed by atoms with Crippen LogP contribution in [-0.4, -0.2) is 39.4 Å². The summed E-state index contributed by atoms with van der Waals surface area (Å²) in [6.07, 6.45) is 2.52. The molecule has 1 atom stereocenters. The maximum Gasteiger partial charge on any atom is 0.219 e. The third-order valence-corrected chi connectivity index (χ3v) is 2.03. The van der Waals surface area contributed by atoms with E-state index in [4.69, 9.17) is 9.47 Å².